The third kappa shape index (κ3) is 4.67. The molecular formula is C23H30N4O2S. The highest BCUT2D eigenvalue weighted by atomic mass is 32.1. The molecule has 0 atom stereocenters. The van der Waals surface area contributed by atoms with Crippen LogP contribution in [0.4, 0.5) is 0 Å². The highest BCUT2D eigenvalue weighted by Crippen LogP contribution is 2.43. The van der Waals surface area contributed by atoms with Crippen LogP contribution in [0, 0.1) is 5.92 Å². The number of nitrogens with two attached hydrogens (primary N) is 1. The van der Waals surface area contributed by atoms with E-state index in [1.165, 1.54) is 16.7 Å². The number of hydrazone groups is 1. The Morgan fingerprint density at radius 1 is 1.23 bits per heavy atom. The lowest BCUT2D eigenvalue weighted by Gasteiger charge is -2.29. The SMILES string of the molecule is CC1=NN(CCC(=O)NCC2CCC(c3c(C(N)=O)sc4ccccc34)CC2)CC1. The van der Waals surface area contributed by atoms with Crippen molar-refractivity contribution >= 4 is 38.9 Å². The fourth-order valence-electron chi connectivity index (χ4n) is 4.68. The van der Waals surface area contributed by atoms with Crippen LogP contribution < -0.4 is 11.1 Å². The van der Waals surface area contributed by atoms with E-state index in [1.54, 1.807) is 0 Å². The second-order valence-electron chi connectivity index (χ2n) is 8.52. The van der Waals surface area contributed by atoms with E-state index >= 15 is 0 Å². The lowest BCUT2D eigenvalue weighted by atomic mass is 9.77. The van der Waals surface area contributed by atoms with Crippen LogP contribution in [0.1, 0.15) is 66.6 Å². The number of benzene rings is 1. The van der Waals surface area contributed by atoms with Crippen LogP contribution in [0.25, 0.3) is 10.1 Å². The van der Waals surface area contributed by atoms with Gasteiger partial charge in [0.15, 0.2) is 0 Å². The van der Waals surface area contributed by atoms with Gasteiger partial charge in [-0.05, 0) is 61.5 Å². The second-order valence-corrected chi connectivity index (χ2v) is 9.57. The summed E-state index contributed by atoms with van der Waals surface area (Å²) in [5, 5.41) is 10.7. The molecule has 0 saturated heterocycles. The number of fused-ring (bicyclic) bond motifs is 1. The molecule has 1 aliphatic carbocycles. The van der Waals surface area contributed by atoms with Gasteiger partial charge in [-0.2, -0.15) is 5.10 Å². The molecule has 6 nitrogen and oxygen atoms in total. The lowest BCUT2D eigenvalue weighted by molar-refractivity contribution is -0.121. The monoisotopic (exact) mass is 426 g/mol. The molecule has 1 saturated carbocycles. The van der Waals surface area contributed by atoms with Gasteiger partial charge in [0.2, 0.25) is 5.91 Å². The maximum Gasteiger partial charge on any atom is 0.259 e. The predicted octanol–water partition coefficient (Wildman–Crippen LogP) is 3.86. The Labute approximate surface area is 181 Å². The van der Waals surface area contributed by atoms with Crippen LogP contribution >= 0.6 is 11.3 Å². The summed E-state index contributed by atoms with van der Waals surface area (Å²) in [5.74, 6) is 0.654. The molecule has 1 fully saturated rings. The van der Waals surface area contributed by atoms with Crippen molar-refractivity contribution in [3.8, 4) is 0 Å². The van der Waals surface area contributed by atoms with E-state index in [1.807, 2.05) is 24.1 Å². The van der Waals surface area contributed by atoms with E-state index in [0.29, 0.717) is 29.7 Å². The van der Waals surface area contributed by atoms with Crippen LogP contribution in [-0.2, 0) is 4.79 Å². The van der Waals surface area contributed by atoms with Crippen molar-refractivity contribution in [1.82, 2.24) is 10.3 Å². The molecule has 160 valence electrons. The number of thiophene rings is 1. The Balaban J connectivity index is 1.28. The van der Waals surface area contributed by atoms with Crippen molar-refractivity contribution in [2.24, 2.45) is 16.8 Å². The normalized spacial score (nSPS) is 21.6. The number of amides is 2. The van der Waals surface area contributed by atoms with Crippen molar-refractivity contribution in [1.29, 1.82) is 0 Å². The highest BCUT2D eigenvalue weighted by molar-refractivity contribution is 7.21. The zero-order valence-electron chi connectivity index (χ0n) is 17.5. The van der Waals surface area contributed by atoms with Crippen LogP contribution in [0.3, 0.4) is 0 Å². The minimum absolute atomic E-state index is 0.108. The second kappa shape index (κ2) is 9.16. The Morgan fingerprint density at radius 3 is 2.70 bits per heavy atom. The van der Waals surface area contributed by atoms with Crippen LogP contribution in [0.15, 0.2) is 29.4 Å². The number of carbonyl (C=O) groups is 2. The first-order valence-electron chi connectivity index (χ1n) is 10.9. The molecule has 0 spiro atoms. The van der Waals surface area contributed by atoms with Crippen molar-refractivity contribution in [2.75, 3.05) is 19.6 Å². The smallest absolute Gasteiger partial charge is 0.259 e. The van der Waals surface area contributed by atoms with Crippen LogP contribution in [0.5, 0.6) is 0 Å². The average molecular weight is 427 g/mol. The first-order valence-corrected chi connectivity index (χ1v) is 11.7. The van der Waals surface area contributed by atoms with Crippen molar-refractivity contribution in [3.05, 3.63) is 34.7 Å². The zero-order chi connectivity index (χ0) is 21.1. The van der Waals surface area contributed by atoms with Crippen molar-refractivity contribution in [3.63, 3.8) is 0 Å². The van der Waals surface area contributed by atoms with E-state index < -0.39 is 0 Å². The molecular weight excluding hydrogens is 396 g/mol. The van der Waals surface area contributed by atoms with E-state index in [-0.39, 0.29) is 11.8 Å². The topological polar surface area (TPSA) is 87.8 Å². The first-order chi connectivity index (χ1) is 14.5. The summed E-state index contributed by atoms with van der Waals surface area (Å²) < 4.78 is 1.13. The molecule has 2 aromatic rings. The minimum atomic E-state index is -0.321. The Bertz CT molecular complexity index is 959. The fraction of sp³-hybridized carbons (Fsp3) is 0.522. The summed E-state index contributed by atoms with van der Waals surface area (Å²) in [4.78, 5) is 24.9. The summed E-state index contributed by atoms with van der Waals surface area (Å²) >= 11 is 1.51. The molecule has 1 aromatic carbocycles. The van der Waals surface area contributed by atoms with E-state index in [2.05, 4.69) is 22.6 Å². The molecule has 0 unspecified atom stereocenters. The molecule has 1 aromatic heterocycles. The molecule has 4 rings (SSSR count). The van der Waals surface area contributed by atoms with Crippen LogP contribution in [0.2, 0.25) is 0 Å². The molecule has 1 aliphatic heterocycles. The maximum atomic E-state index is 12.2. The maximum absolute atomic E-state index is 12.2. The molecule has 30 heavy (non-hydrogen) atoms. The van der Waals surface area contributed by atoms with Gasteiger partial charge in [-0.1, -0.05) is 18.2 Å². The minimum Gasteiger partial charge on any atom is -0.365 e. The molecule has 2 amide bonds. The van der Waals surface area contributed by atoms with E-state index in [9.17, 15) is 9.59 Å². The molecule has 2 aliphatic rings. The Kier molecular flexibility index (Phi) is 6.37. The third-order valence-electron chi connectivity index (χ3n) is 6.34. The average Bonchev–Trinajstić information content (AvgIpc) is 3.34. The Morgan fingerprint density at radius 2 is 2.00 bits per heavy atom. The Hall–Kier alpha value is -2.41. The highest BCUT2D eigenvalue weighted by Gasteiger charge is 2.28. The molecule has 3 N–H and O–H groups in total. The number of nitrogens with zero attached hydrogens (tertiary/aromatic N) is 2. The van der Waals surface area contributed by atoms with Gasteiger partial charge < -0.3 is 11.1 Å². The zero-order valence-corrected chi connectivity index (χ0v) is 18.3. The van der Waals surface area contributed by atoms with Crippen molar-refractivity contribution < 1.29 is 9.59 Å². The van der Waals surface area contributed by atoms with Gasteiger partial charge >= 0.3 is 0 Å². The number of nitrogens with one attached hydrogen (secondary N) is 1. The summed E-state index contributed by atoms with van der Waals surface area (Å²) in [6, 6.07) is 8.20. The molecule has 2 heterocycles. The van der Waals surface area contributed by atoms with Gasteiger partial charge in [-0.3, -0.25) is 14.6 Å². The number of hydrogen-bond donors (Lipinski definition) is 2. The van der Waals surface area contributed by atoms with Gasteiger partial charge in [0.05, 0.1) is 4.88 Å². The first kappa shape index (κ1) is 20.8. The molecule has 7 heteroatoms. The predicted molar refractivity (Wildman–Crippen MR) is 122 cm³/mol. The number of rotatable bonds is 7. The van der Waals surface area contributed by atoms with Gasteiger partial charge in [0.25, 0.3) is 5.91 Å². The van der Waals surface area contributed by atoms with Crippen LogP contribution in [-0.4, -0.2) is 42.2 Å². The number of carbonyl (C=O) groups excluding carboxylic acids is 2. The summed E-state index contributed by atoms with van der Waals surface area (Å²) in [5.41, 5.74) is 7.98. The fourth-order valence-corrected chi connectivity index (χ4v) is 5.82. The standard InChI is InChI=1S/C23H30N4O2S/c1-15-10-12-27(26-15)13-11-20(28)25-14-16-6-8-17(9-7-16)21-18-4-2-3-5-19(18)30-22(21)23(24)29/h2-5,16-17H,6-14H2,1H3,(H2,24,29)(H,25,28). The largest absolute Gasteiger partial charge is 0.365 e. The van der Waals surface area contributed by atoms with E-state index in [0.717, 1.165) is 61.2 Å². The summed E-state index contributed by atoms with van der Waals surface area (Å²) in [6.45, 7) is 4.38. The van der Waals surface area contributed by atoms with Gasteiger partial charge in [-0.15, -0.1) is 11.3 Å². The van der Waals surface area contributed by atoms with Gasteiger partial charge in [-0.25, -0.2) is 0 Å². The summed E-state index contributed by atoms with van der Waals surface area (Å²) in [6.07, 6.45) is 5.68. The quantitative estimate of drug-likeness (QED) is 0.705. The number of hydrogen-bond acceptors (Lipinski definition) is 5. The van der Waals surface area contributed by atoms with Crippen molar-refractivity contribution in [2.45, 2.75) is 51.4 Å². The number of primary amides is 1. The summed E-state index contributed by atoms with van der Waals surface area (Å²) in [7, 11) is 0. The molecule has 0 radical (unpaired) electrons. The lowest BCUT2D eigenvalue weighted by Crippen LogP contribution is -2.33. The van der Waals surface area contributed by atoms with E-state index in [4.69, 9.17) is 5.73 Å². The van der Waals surface area contributed by atoms with Gasteiger partial charge in [0, 0.05) is 42.9 Å². The third-order valence-corrected chi connectivity index (χ3v) is 7.54. The molecule has 0 bridgehead atoms. The van der Waals surface area contributed by atoms with Gasteiger partial charge in [0.1, 0.15) is 0 Å².